The molecule has 4 heteroatoms. The summed E-state index contributed by atoms with van der Waals surface area (Å²) in [4.78, 5) is 5.85. The lowest BCUT2D eigenvalue weighted by molar-refractivity contribution is -0.00894. The Hall–Kier alpha value is -0.450. The number of rotatable bonds is 1. The molecule has 1 aliphatic heterocycles. The minimum atomic E-state index is -0.263. The minimum Gasteiger partial charge on any atom is -0.378 e. The van der Waals surface area contributed by atoms with Crippen molar-refractivity contribution in [3.05, 3.63) is 15.6 Å². The van der Waals surface area contributed by atoms with Crippen molar-refractivity contribution < 1.29 is 4.74 Å². The zero-order valence-corrected chi connectivity index (χ0v) is 10.4. The van der Waals surface area contributed by atoms with Gasteiger partial charge in [0.05, 0.1) is 17.3 Å². The first-order valence-corrected chi connectivity index (χ1v) is 6.18. The molecule has 1 aliphatic rings. The van der Waals surface area contributed by atoms with E-state index in [-0.39, 0.29) is 11.6 Å². The van der Waals surface area contributed by atoms with Gasteiger partial charge in [0.25, 0.3) is 0 Å². The summed E-state index contributed by atoms with van der Waals surface area (Å²) < 4.78 is 5.53. The lowest BCUT2D eigenvalue weighted by Crippen LogP contribution is -2.44. The highest BCUT2D eigenvalue weighted by atomic mass is 32.1. The number of nitrogens with zero attached hydrogens (tertiary/aromatic N) is 1. The van der Waals surface area contributed by atoms with Gasteiger partial charge in [0.2, 0.25) is 0 Å². The van der Waals surface area contributed by atoms with Crippen LogP contribution in [0.4, 0.5) is 0 Å². The van der Waals surface area contributed by atoms with Gasteiger partial charge >= 0.3 is 0 Å². The van der Waals surface area contributed by atoms with Crippen molar-refractivity contribution in [2.75, 3.05) is 6.61 Å². The predicted molar refractivity (Wildman–Crippen MR) is 62.1 cm³/mol. The standard InChI is InChI=1S/C11H18N2OS/c1-7-6-11(12,4-5-14-7)10-13-8(2)9(3)15-10/h7H,4-6,12H2,1-3H3. The Morgan fingerprint density at radius 1 is 1.53 bits per heavy atom. The molecular formula is C11H18N2OS. The minimum absolute atomic E-state index is 0.244. The SMILES string of the molecule is Cc1nc(C2(N)CCOC(C)C2)sc1C. The molecule has 3 nitrogen and oxygen atoms in total. The molecule has 84 valence electrons. The highest BCUT2D eigenvalue weighted by Gasteiger charge is 2.36. The summed E-state index contributed by atoms with van der Waals surface area (Å²) in [6, 6.07) is 0. The predicted octanol–water partition coefficient (Wildman–Crippen LogP) is 2.11. The molecule has 0 aliphatic carbocycles. The summed E-state index contributed by atoms with van der Waals surface area (Å²) in [5.74, 6) is 0. The number of hydrogen-bond acceptors (Lipinski definition) is 4. The molecule has 2 rings (SSSR count). The first kappa shape index (κ1) is 11.0. The van der Waals surface area contributed by atoms with Gasteiger partial charge < -0.3 is 10.5 Å². The number of aromatic nitrogens is 1. The smallest absolute Gasteiger partial charge is 0.113 e. The van der Waals surface area contributed by atoms with Gasteiger partial charge in [0.1, 0.15) is 5.01 Å². The topological polar surface area (TPSA) is 48.1 Å². The van der Waals surface area contributed by atoms with Crippen LogP contribution in [0.25, 0.3) is 0 Å². The second-order valence-corrected chi connectivity index (χ2v) is 5.66. The molecule has 0 aromatic carbocycles. The molecule has 0 radical (unpaired) electrons. The van der Waals surface area contributed by atoms with Crippen LogP contribution < -0.4 is 5.73 Å². The van der Waals surface area contributed by atoms with Gasteiger partial charge in [-0.1, -0.05) is 0 Å². The van der Waals surface area contributed by atoms with E-state index in [1.165, 1.54) is 4.88 Å². The fourth-order valence-electron chi connectivity index (χ4n) is 2.00. The first-order valence-electron chi connectivity index (χ1n) is 5.36. The lowest BCUT2D eigenvalue weighted by Gasteiger charge is -2.35. The number of thiazole rings is 1. The van der Waals surface area contributed by atoms with Crippen molar-refractivity contribution in [3.63, 3.8) is 0 Å². The van der Waals surface area contributed by atoms with Gasteiger partial charge in [-0.25, -0.2) is 4.98 Å². The summed E-state index contributed by atoms with van der Waals surface area (Å²) in [6.07, 6.45) is 2.00. The van der Waals surface area contributed by atoms with Crippen LogP contribution in [0.5, 0.6) is 0 Å². The van der Waals surface area contributed by atoms with E-state index in [4.69, 9.17) is 10.5 Å². The zero-order chi connectivity index (χ0) is 11.1. The maximum Gasteiger partial charge on any atom is 0.113 e. The van der Waals surface area contributed by atoms with E-state index in [0.717, 1.165) is 30.2 Å². The molecule has 15 heavy (non-hydrogen) atoms. The van der Waals surface area contributed by atoms with Crippen molar-refractivity contribution in [1.29, 1.82) is 0 Å². The molecule has 0 amide bonds. The third kappa shape index (κ3) is 2.07. The van der Waals surface area contributed by atoms with Crippen LogP contribution in [-0.4, -0.2) is 17.7 Å². The van der Waals surface area contributed by atoms with Gasteiger partial charge in [0.15, 0.2) is 0 Å². The Morgan fingerprint density at radius 3 is 2.80 bits per heavy atom. The van der Waals surface area contributed by atoms with Crippen LogP contribution in [0, 0.1) is 13.8 Å². The fraction of sp³-hybridized carbons (Fsp3) is 0.727. The van der Waals surface area contributed by atoms with E-state index < -0.39 is 0 Å². The van der Waals surface area contributed by atoms with Crippen LogP contribution in [0.2, 0.25) is 0 Å². The molecule has 0 spiro atoms. The van der Waals surface area contributed by atoms with Crippen LogP contribution in [0.3, 0.4) is 0 Å². The molecule has 0 bridgehead atoms. The summed E-state index contributed by atoms with van der Waals surface area (Å²) in [5.41, 5.74) is 7.27. The fourth-order valence-corrected chi connectivity index (χ4v) is 3.05. The largest absolute Gasteiger partial charge is 0.378 e. The van der Waals surface area contributed by atoms with Crippen LogP contribution in [0.1, 0.15) is 35.3 Å². The van der Waals surface area contributed by atoms with Gasteiger partial charge in [-0.15, -0.1) is 11.3 Å². The zero-order valence-electron chi connectivity index (χ0n) is 9.54. The molecule has 1 aromatic rings. The quantitative estimate of drug-likeness (QED) is 0.798. The average molecular weight is 226 g/mol. The van der Waals surface area contributed by atoms with E-state index >= 15 is 0 Å². The van der Waals surface area contributed by atoms with E-state index in [0.29, 0.717) is 0 Å². The van der Waals surface area contributed by atoms with Crippen LogP contribution >= 0.6 is 11.3 Å². The van der Waals surface area contributed by atoms with Crippen molar-refractivity contribution >= 4 is 11.3 Å². The Bertz CT molecular complexity index is 344. The molecule has 1 aromatic heterocycles. The normalized spacial score (nSPS) is 31.9. The monoisotopic (exact) mass is 226 g/mol. The number of nitrogens with two attached hydrogens (primary N) is 1. The van der Waals surface area contributed by atoms with Crippen molar-refractivity contribution in [3.8, 4) is 0 Å². The highest BCUT2D eigenvalue weighted by molar-refractivity contribution is 7.11. The Morgan fingerprint density at radius 2 is 2.27 bits per heavy atom. The number of aryl methyl sites for hydroxylation is 2. The third-order valence-electron chi connectivity index (χ3n) is 3.06. The Labute approximate surface area is 94.7 Å². The first-order chi connectivity index (χ1) is 7.01. The van der Waals surface area contributed by atoms with E-state index in [9.17, 15) is 0 Å². The summed E-state index contributed by atoms with van der Waals surface area (Å²) in [5, 5.41) is 1.08. The third-order valence-corrected chi connectivity index (χ3v) is 4.35. The molecule has 2 heterocycles. The second kappa shape index (κ2) is 3.85. The molecule has 2 N–H and O–H groups in total. The van der Waals surface area contributed by atoms with Gasteiger partial charge in [-0.3, -0.25) is 0 Å². The highest BCUT2D eigenvalue weighted by Crippen LogP contribution is 2.35. The Balaban J connectivity index is 2.27. The van der Waals surface area contributed by atoms with Crippen LogP contribution in [-0.2, 0) is 10.3 Å². The number of hydrogen-bond donors (Lipinski definition) is 1. The molecule has 2 unspecified atom stereocenters. The van der Waals surface area contributed by atoms with Crippen molar-refractivity contribution in [1.82, 2.24) is 4.98 Å². The molecule has 1 fully saturated rings. The summed E-state index contributed by atoms with van der Waals surface area (Å²) in [7, 11) is 0. The van der Waals surface area contributed by atoms with E-state index in [1.54, 1.807) is 11.3 Å². The number of ether oxygens (including phenoxy) is 1. The van der Waals surface area contributed by atoms with E-state index in [2.05, 4.69) is 18.8 Å². The second-order valence-electron chi connectivity index (χ2n) is 4.45. The molecule has 0 saturated carbocycles. The van der Waals surface area contributed by atoms with Gasteiger partial charge in [0, 0.05) is 11.5 Å². The van der Waals surface area contributed by atoms with Crippen molar-refractivity contribution in [2.45, 2.75) is 45.3 Å². The van der Waals surface area contributed by atoms with Crippen LogP contribution in [0.15, 0.2) is 0 Å². The van der Waals surface area contributed by atoms with Gasteiger partial charge in [-0.05, 0) is 33.6 Å². The maximum atomic E-state index is 6.42. The lowest BCUT2D eigenvalue weighted by atomic mass is 9.89. The summed E-state index contributed by atoms with van der Waals surface area (Å²) >= 11 is 1.73. The maximum absolute atomic E-state index is 6.42. The molecule has 1 saturated heterocycles. The molecular weight excluding hydrogens is 208 g/mol. The average Bonchev–Trinajstić information content (AvgIpc) is 2.47. The van der Waals surface area contributed by atoms with E-state index in [1.807, 2.05) is 6.92 Å². The van der Waals surface area contributed by atoms with Gasteiger partial charge in [-0.2, -0.15) is 0 Å². The Kier molecular flexibility index (Phi) is 2.83. The molecule has 2 atom stereocenters. The van der Waals surface area contributed by atoms with Crippen molar-refractivity contribution in [2.24, 2.45) is 5.73 Å². The summed E-state index contributed by atoms with van der Waals surface area (Å²) in [6.45, 7) is 6.97.